The van der Waals surface area contributed by atoms with Crippen molar-refractivity contribution in [2.75, 3.05) is 27.4 Å². The predicted molar refractivity (Wildman–Crippen MR) is 70.7 cm³/mol. The van der Waals surface area contributed by atoms with Crippen LogP contribution in [0.2, 0.25) is 5.02 Å². The van der Waals surface area contributed by atoms with Gasteiger partial charge in [-0.25, -0.2) is 0 Å². The fourth-order valence-electron chi connectivity index (χ4n) is 1.63. The van der Waals surface area contributed by atoms with Gasteiger partial charge in [-0.1, -0.05) is 11.6 Å². The number of ether oxygens (including phenoxy) is 3. The van der Waals surface area contributed by atoms with Crippen LogP contribution in [-0.2, 0) is 4.74 Å². The zero-order valence-corrected chi connectivity index (χ0v) is 11.0. The van der Waals surface area contributed by atoms with Gasteiger partial charge in [0.15, 0.2) is 11.5 Å². The molecule has 2 aromatic rings. The van der Waals surface area contributed by atoms with E-state index >= 15 is 0 Å². The van der Waals surface area contributed by atoms with E-state index in [1.807, 2.05) is 12.1 Å². The second-order valence-corrected chi connectivity index (χ2v) is 4.06. The summed E-state index contributed by atoms with van der Waals surface area (Å²) in [4.78, 5) is 4.24. The molecule has 2 rings (SSSR count). The lowest BCUT2D eigenvalue weighted by molar-refractivity contribution is 0.144. The van der Waals surface area contributed by atoms with Crippen LogP contribution in [0.1, 0.15) is 0 Å². The van der Waals surface area contributed by atoms with Crippen LogP contribution in [0.5, 0.6) is 11.5 Å². The van der Waals surface area contributed by atoms with Crippen LogP contribution in [0.25, 0.3) is 10.9 Å². The number of benzene rings is 1. The van der Waals surface area contributed by atoms with Gasteiger partial charge < -0.3 is 14.2 Å². The fourth-order valence-corrected chi connectivity index (χ4v) is 1.84. The van der Waals surface area contributed by atoms with Gasteiger partial charge >= 0.3 is 0 Å². The Morgan fingerprint density at radius 1 is 1.17 bits per heavy atom. The number of nitrogens with zero attached hydrogens (tertiary/aromatic N) is 1. The minimum Gasteiger partial charge on any atom is -0.493 e. The predicted octanol–water partition coefficient (Wildman–Crippen LogP) is 2.92. The quantitative estimate of drug-likeness (QED) is 0.781. The Balaban J connectivity index is 2.40. The molecule has 0 aliphatic heterocycles. The highest BCUT2D eigenvalue weighted by atomic mass is 35.5. The molecule has 1 heterocycles. The Hall–Kier alpha value is -1.52. The number of rotatable bonds is 5. The molecule has 1 aromatic heterocycles. The van der Waals surface area contributed by atoms with E-state index in [9.17, 15) is 0 Å². The number of hydrogen-bond acceptors (Lipinski definition) is 4. The van der Waals surface area contributed by atoms with Gasteiger partial charge in [-0.05, 0) is 12.1 Å². The fraction of sp³-hybridized carbons (Fsp3) is 0.308. The highest BCUT2D eigenvalue weighted by Gasteiger charge is 2.09. The molecule has 0 fully saturated rings. The lowest BCUT2D eigenvalue weighted by atomic mass is 10.2. The maximum atomic E-state index is 6.12. The largest absolute Gasteiger partial charge is 0.493 e. The van der Waals surface area contributed by atoms with Crippen LogP contribution in [-0.4, -0.2) is 32.4 Å². The van der Waals surface area contributed by atoms with Gasteiger partial charge in [0, 0.05) is 24.8 Å². The number of hydrogen-bond donors (Lipinski definition) is 0. The first-order chi connectivity index (χ1) is 8.76. The topological polar surface area (TPSA) is 40.6 Å². The molecule has 0 aliphatic carbocycles. The van der Waals surface area contributed by atoms with E-state index in [-0.39, 0.29) is 0 Å². The van der Waals surface area contributed by atoms with Crippen molar-refractivity contribution in [2.24, 2.45) is 0 Å². The molecule has 0 spiro atoms. The van der Waals surface area contributed by atoms with Gasteiger partial charge in [-0.15, -0.1) is 0 Å². The molecule has 96 valence electrons. The third-order valence-electron chi connectivity index (χ3n) is 2.52. The van der Waals surface area contributed by atoms with E-state index in [4.69, 9.17) is 25.8 Å². The monoisotopic (exact) mass is 267 g/mol. The van der Waals surface area contributed by atoms with E-state index in [2.05, 4.69) is 4.98 Å². The highest BCUT2D eigenvalue weighted by Crippen LogP contribution is 2.34. The van der Waals surface area contributed by atoms with Gasteiger partial charge in [-0.2, -0.15) is 0 Å². The van der Waals surface area contributed by atoms with E-state index in [1.165, 1.54) is 0 Å². The number of halogens is 1. The molecule has 0 saturated carbocycles. The summed E-state index contributed by atoms with van der Waals surface area (Å²) in [6.07, 6.45) is 1.66. The zero-order chi connectivity index (χ0) is 13.0. The molecule has 18 heavy (non-hydrogen) atoms. The maximum Gasteiger partial charge on any atom is 0.162 e. The third kappa shape index (κ3) is 2.66. The number of methoxy groups -OCH3 is 2. The summed E-state index contributed by atoms with van der Waals surface area (Å²) in [7, 11) is 3.22. The van der Waals surface area contributed by atoms with Crippen LogP contribution < -0.4 is 9.47 Å². The molecule has 0 saturated heterocycles. The Kier molecular flexibility index (Phi) is 4.23. The molecular formula is C13H14ClNO3. The van der Waals surface area contributed by atoms with Crippen LogP contribution in [0.15, 0.2) is 24.4 Å². The van der Waals surface area contributed by atoms with E-state index < -0.39 is 0 Å². The molecule has 5 heteroatoms. The zero-order valence-electron chi connectivity index (χ0n) is 10.3. The number of aromatic nitrogens is 1. The first-order valence-electron chi connectivity index (χ1n) is 5.50. The Morgan fingerprint density at radius 3 is 2.72 bits per heavy atom. The third-order valence-corrected chi connectivity index (χ3v) is 2.85. The van der Waals surface area contributed by atoms with Crippen LogP contribution in [0, 0.1) is 0 Å². The summed E-state index contributed by atoms with van der Waals surface area (Å²) in [5.41, 5.74) is 0.776. The first-order valence-corrected chi connectivity index (χ1v) is 5.88. The lowest BCUT2D eigenvalue weighted by Crippen LogP contribution is -2.05. The number of pyridine rings is 1. The minimum absolute atomic E-state index is 0.455. The Bertz CT molecular complexity index is 545. The van der Waals surface area contributed by atoms with Crippen molar-refractivity contribution in [1.29, 1.82) is 0 Å². The van der Waals surface area contributed by atoms with E-state index in [0.717, 1.165) is 10.9 Å². The van der Waals surface area contributed by atoms with Crippen molar-refractivity contribution in [3.8, 4) is 11.5 Å². The molecule has 1 aromatic carbocycles. The van der Waals surface area contributed by atoms with Gasteiger partial charge in [0.05, 0.1) is 24.3 Å². The summed E-state index contributed by atoms with van der Waals surface area (Å²) in [6.45, 7) is 0.970. The van der Waals surface area contributed by atoms with Gasteiger partial charge in [0.1, 0.15) is 6.61 Å². The molecule has 0 atom stereocenters. The standard InChI is InChI=1S/C13H14ClNO3/c1-16-5-6-18-13-7-9-10(14)3-4-15-11(9)8-12(13)17-2/h3-4,7-8H,5-6H2,1-2H3. The van der Waals surface area contributed by atoms with E-state index in [1.54, 1.807) is 26.5 Å². The summed E-state index contributed by atoms with van der Waals surface area (Å²) in [5.74, 6) is 1.27. The second kappa shape index (κ2) is 5.89. The van der Waals surface area contributed by atoms with Gasteiger partial charge in [-0.3, -0.25) is 4.98 Å². The molecule has 0 unspecified atom stereocenters. The average Bonchev–Trinajstić information content (AvgIpc) is 2.39. The van der Waals surface area contributed by atoms with Gasteiger partial charge in [0.25, 0.3) is 0 Å². The molecule has 0 amide bonds. The second-order valence-electron chi connectivity index (χ2n) is 3.65. The minimum atomic E-state index is 0.455. The van der Waals surface area contributed by atoms with Crippen LogP contribution >= 0.6 is 11.6 Å². The van der Waals surface area contributed by atoms with Crippen molar-refractivity contribution in [2.45, 2.75) is 0 Å². The Morgan fingerprint density at radius 2 is 2.00 bits per heavy atom. The smallest absolute Gasteiger partial charge is 0.162 e. The van der Waals surface area contributed by atoms with Crippen molar-refractivity contribution in [3.63, 3.8) is 0 Å². The molecule has 0 radical (unpaired) electrons. The summed E-state index contributed by atoms with van der Waals surface area (Å²) in [6, 6.07) is 5.39. The summed E-state index contributed by atoms with van der Waals surface area (Å²) >= 11 is 6.12. The summed E-state index contributed by atoms with van der Waals surface area (Å²) < 4.78 is 15.8. The highest BCUT2D eigenvalue weighted by molar-refractivity contribution is 6.35. The van der Waals surface area contributed by atoms with Crippen molar-refractivity contribution in [1.82, 2.24) is 4.98 Å². The maximum absolute atomic E-state index is 6.12. The summed E-state index contributed by atoms with van der Waals surface area (Å²) in [5, 5.41) is 1.48. The van der Waals surface area contributed by atoms with Gasteiger partial charge in [0.2, 0.25) is 0 Å². The molecule has 0 aliphatic rings. The normalized spacial score (nSPS) is 10.6. The van der Waals surface area contributed by atoms with Crippen molar-refractivity contribution < 1.29 is 14.2 Å². The average molecular weight is 268 g/mol. The van der Waals surface area contributed by atoms with Crippen LogP contribution in [0.4, 0.5) is 0 Å². The van der Waals surface area contributed by atoms with Crippen LogP contribution in [0.3, 0.4) is 0 Å². The first kappa shape index (κ1) is 12.9. The number of fused-ring (bicyclic) bond motifs is 1. The molecule has 4 nitrogen and oxygen atoms in total. The van der Waals surface area contributed by atoms with Crippen molar-refractivity contribution in [3.05, 3.63) is 29.4 Å². The molecule has 0 bridgehead atoms. The SMILES string of the molecule is COCCOc1cc2c(Cl)ccnc2cc1OC. The lowest BCUT2D eigenvalue weighted by Gasteiger charge is -2.11. The molecular weight excluding hydrogens is 254 g/mol. The van der Waals surface area contributed by atoms with E-state index in [0.29, 0.717) is 29.7 Å². The van der Waals surface area contributed by atoms with Crippen molar-refractivity contribution >= 4 is 22.5 Å². The molecule has 0 N–H and O–H groups in total. The Labute approximate surface area is 110 Å².